The minimum atomic E-state index is -1.13. The summed E-state index contributed by atoms with van der Waals surface area (Å²) >= 11 is 0. The van der Waals surface area contributed by atoms with Gasteiger partial charge in [0.25, 0.3) is 0 Å². The fourth-order valence-electron chi connectivity index (χ4n) is 3.00. The summed E-state index contributed by atoms with van der Waals surface area (Å²) in [4.78, 5) is 49.1. The third kappa shape index (κ3) is 11.1. The Bertz CT molecular complexity index is 599. The Hall–Kier alpha value is -2.20. The van der Waals surface area contributed by atoms with E-state index in [4.69, 9.17) is 11.5 Å². The Kier molecular flexibility index (Phi) is 13.7. The van der Waals surface area contributed by atoms with E-state index in [2.05, 4.69) is 16.0 Å². The van der Waals surface area contributed by atoms with Crippen molar-refractivity contribution in [1.82, 2.24) is 16.0 Å². The summed E-state index contributed by atoms with van der Waals surface area (Å²) in [7, 11) is 0. The van der Waals surface area contributed by atoms with E-state index < -0.39 is 47.9 Å². The zero-order valence-electron chi connectivity index (χ0n) is 19.4. The van der Waals surface area contributed by atoms with Crippen LogP contribution in [0.1, 0.15) is 66.7 Å². The molecule has 5 unspecified atom stereocenters. The molecule has 0 heterocycles. The second kappa shape index (κ2) is 14.7. The van der Waals surface area contributed by atoms with Gasteiger partial charge in [-0.25, -0.2) is 4.79 Å². The number of aliphatic carboxylic acids is 1. The highest BCUT2D eigenvalue weighted by Gasteiger charge is 2.30. The van der Waals surface area contributed by atoms with Gasteiger partial charge in [0.15, 0.2) is 0 Å². The van der Waals surface area contributed by atoms with Crippen LogP contribution in [0.2, 0.25) is 0 Å². The number of carboxylic acids is 1. The van der Waals surface area contributed by atoms with Gasteiger partial charge < -0.3 is 32.5 Å². The van der Waals surface area contributed by atoms with Crippen LogP contribution in [0.5, 0.6) is 0 Å². The maximum Gasteiger partial charge on any atom is 0.326 e. The largest absolute Gasteiger partial charge is 0.480 e. The number of carboxylic acid groups (broad SMARTS) is 1. The number of nitrogens with one attached hydrogen (secondary N) is 3. The molecule has 0 aromatic carbocycles. The van der Waals surface area contributed by atoms with Gasteiger partial charge in [0, 0.05) is 0 Å². The molecule has 0 aromatic heterocycles. The number of carbonyl (C=O) groups is 4. The van der Waals surface area contributed by atoms with Crippen molar-refractivity contribution in [3.63, 3.8) is 0 Å². The van der Waals surface area contributed by atoms with E-state index in [1.165, 1.54) is 6.92 Å². The number of nitrogens with two attached hydrogens (primary N) is 2. The van der Waals surface area contributed by atoms with Crippen molar-refractivity contribution in [3.8, 4) is 0 Å². The fraction of sp³-hybridized carbons (Fsp3) is 0.810. The molecule has 180 valence electrons. The van der Waals surface area contributed by atoms with Crippen LogP contribution in [-0.2, 0) is 19.2 Å². The van der Waals surface area contributed by atoms with E-state index in [1.807, 2.05) is 20.8 Å². The lowest BCUT2D eigenvalue weighted by molar-refractivity contribution is -0.143. The molecule has 0 fully saturated rings. The molecule has 5 atom stereocenters. The summed E-state index contributed by atoms with van der Waals surface area (Å²) in [6.07, 6.45) is 2.59. The van der Waals surface area contributed by atoms with Gasteiger partial charge in [-0.1, -0.05) is 34.1 Å². The maximum absolute atomic E-state index is 12.8. The number of carbonyl (C=O) groups excluding carboxylic acids is 3. The molecule has 0 aliphatic rings. The average molecular weight is 444 g/mol. The summed E-state index contributed by atoms with van der Waals surface area (Å²) in [5.74, 6) is -2.74. The van der Waals surface area contributed by atoms with E-state index in [1.54, 1.807) is 6.92 Å². The highest BCUT2D eigenvalue weighted by molar-refractivity contribution is 5.93. The standard InChI is InChI=1S/C21H41N5O5/c1-6-13(4)17(21(30)31)26-20(29)16(9-7-8-10-22)25-18(27)14(5)24-19(28)15(23)11-12(2)3/h12-17H,6-11,22-23H2,1-5H3,(H,24,28)(H,25,27)(H,26,29)(H,30,31). The quantitative estimate of drug-likeness (QED) is 0.194. The van der Waals surface area contributed by atoms with Gasteiger partial charge in [0.1, 0.15) is 18.1 Å². The van der Waals surface area contributed by atoms with Crippen LogP contribution in [0.3, 0.4) is 0 Å². The molecule has 0 radical (unpaired) electrons. The number of hydrogen-bond acceptors (Lipinski definition) is 6. The maximum atomic E-state index is 12.8. The molecule has 10 heteroatoms. The van der Waals surface area contributed by atoms with Crippen LogP contribution < -0.4 is 27.4 Å². The van der Waals surface area contributed by atoms with Crippen LogP contribution in [0.4, 0.5) is 0 Å². The molecule has 0 aromatic rings. The van der Waals surface area contributed by atoms with Crippen molar-refractivity contribution in [2.45, 2.75) is 90.9 Å². The molecule has 0 saturated carbocycles. The molecule has 0 rings (SSSR count). The SMILES string of the molecule is CCC(C)C(NC(=O)C(CCCCN)NC(=O)C(C)NC(=O)C(N)CC(C)C)C(=O)O. The number of unbranched alkanes of at least 4 members (excludes halogenated alkanes) is 1. The summed E-state index contributed by atoms with van der Waals surface area (Å²) in [6.45, 7) is 9.40. The molecular formula is C21H41N5O5. The second-order valence-corrected chi connectivity index (χ2v) is 8.52. The summed E-state index contributed by atoms with van der Waals surface area (Å²) in [6, 6.07) is -3.63. The summed E-state index contributed by atoms with van der Waals surface area (Å²) in [5.41, 5.74) is 11.4. The smallest absolute Gasteiger partial charge is 0.326 e. The first-order chi connectivity index (χ1) is 14.4. The van der Waals surface area contributed by atoms with Crippen molar-refractivity contribution < 1.29 is 24.3 Å². The van der Waals surface area contributed by atoms with Gasteiger partial charge in [-0.15, -0.1) is 0 Å². The van der Waals surface area contributed by atoms with Crippen molar-refractivity contribution in [2.24, 2.45) is 23.3 Å². The molecule has 0 saturated heterocycles. The molecule has 10 nitrogen and oxygen atoms in total. The lowest BCUT2D eigenvalue weighted by atomic mass is 9.98. The molecule has 8 N–H and O–H groups in total. The van der Waals surface area contributed by atoms with Gasteiger partial charge in [-0.05, 0) is 51.0 Å². The Labute approximate surface area is 185 Å². The minimum absolute atomic E-state index is 0.230. The molecule has 0 bridgehead atoms. The Morgan fingerprint density at radius 3 is 2.00 bits per heavy atom. The highest BCUT2D eigenvalue weighted by atomic mass is 16.4. The third-order valence-electron chi connectivity index (χ3n) is 5.17. The minimum Gasteiger partial charge on any atom is -0.480 e. The Balaban J connectivity index is 5.15. The van der Waals surface area contributed by atoms with Gasteiger partial charge in [-0.3, -0.25) is 14.4 Å². The van der Waals surface area contributed by atoms with Gasteiger partial charge in [-0.2, -0.15) is 0 Å². The zero-order chi connectivity index (χ0) is 24.1. The van der Waals surface area contributed by atoms with Crippen molar-refractivity contribution in [1.29, 1.82) is 0 Å². The van der Waals surface area contributed by atoms with Gasteiger partial charge in [0.05, 0.1) is 6.04 Å². The van der Waals surface area contributed by atoms with Crippen molar-refractivity contribution in [2.75, 3.05) is 6.54 Å². The first kappa shape index (κ1) is 28.8. The highest BCUT2D eigenvalue weighted by Crippen LogP contribution is 2.10. The van der Waals surface area contributed by atoms with E-state index in [9.17, 15) is 24.3 Å². The van der Waals surface area contributed by atoms with Crippen LogP contribution in [-0.4, -0.2) is 59.5 Å². The first-order valence-corrected chi connectivity index (χ1v) is 11.0. The average Bonchev–Trinajstić information content (AvgIpc) is 2.69. The Morgan fingerprint density at radius 1 is 0.903 bits per heavy atom. The third-order valence-corrected chi connectivity index (χ3v) is 5.17. The van der Waals surface area contributed by atoms with Gasteiger partial charge in [0.2, 0.25) is 17.7 Å². The van der Waals surface area contributed by atoms with Crippen LogP contribution in [0.25, 0.3) is 0 Å². The molecule has 0 aliphatic carbocycles. The van der Waals surface area contributed by atoms with E-state index in [0.29, 0.717) is 38.6 Å². The van der Waals surface area contributed by atoms with E-state index in [0.717, 1.165) is 0 Å². The van der Waals surface area contributed by atoms with E-state index in [-0.39, 0.29) is 11.8 Å². The monoisotopic (exact) mass is 443 g/mol. The zero-order valence-corrected chi connectivity index (χ0v) is 19.4. The van der Waals surface area contributed by atoms with Crippen LogP contribution >= 0.6 is 0 Å². The normalized spacial score (nSPS) is 16.0. The molecule has 3 amide bonds. The molecule has 31 heavy (non-hydrogen) atoms. The predicted molar refractivity (Wildman–Crippen MR) is 119 cm³/mol. The lowest BCUT2D eigenvalue weighted by Crippen LogP contribution is -2.57. The predicted octanol–water partition coefficient (Wildman–Crippen LogP) is 0.0938. The molecular weight excluding hydrogens is 402 g/mol. The molecule has 0 spiro atoms. The number of amides is 3. The Morgan fingerprint density at radius 2 is 1.52 bits per heavy atom. The van der Waals surface area contributed by atoms with Crippen LogP contribution in [0.15, 0.2) is 0 Å². The van der Waals surface area contributed by atoms with Crippen molar-refractivity contribution in [3.05, 3.63) is 0 Å². The van der Waals surface area contributed by atoms with Crippen molar-refractivity contribution >= 4 is 23.7 Å². The topological polar surface area (TPSA) is 177 Å². The fourth-order valence-corrected chi connectivity index (χ4v) is 3.00. The van der Waals surface area contributed by atoms with Gasteiger partial charge >= 0.3 is 5.97 Å². The number of hydrogen-bond donors (Lipinski definition) is 6. The second-order valence-electron chi connectivity index (χ2n) is 8.52. The van der Waals surface area contributed by atoms with E-state index >= 15 is 0 Å². The molecule has 0 aliphatic heterocycles. The van der Waals surface area contributed by atoms with Crippen LogP contribution in [0, 0.1) is 11.8 Å². The first-order valence-electron chi connectivity index (χ1n) is 11.0. The summed E-state index contributed by atoms with van der Waals surface area (Å²) in [5, 5.41) is 17.1. The summed E-state index contributed by atoms with van der Waals surface area (Å²) < 4.78 is 0. The number of rotatable bonds is 15. The lowest BCUT2D eigenvalue weighted by Gasteiger charge is -2.25.